The predicted molar refractivity (Wildman–Crippen MR) is 79.7 cm³/mol. The molecule has 2 rings (SSSR count). The summed E-state index contributed by atoms with van der Waals surface area (Å²) in [5, 5.41) is 9.32. The van der Waals surface area contributed by atoms with Gasteiger partial charge in [0.1, 0.15) is 6.10 Å². The van der Waals surface area contributed by atoms with E-state index < -0.39 is 17.8 Å². The first kappa shape index (κ1) is 17.7. The maximum Gasteiger partial charge on any atom is 0.416 e. The van der Waals surface area contributed by atoms with Crippen LogP contribution in [0, 0.1) is 0 Å². The molecule has 1 aromatic carbocycles. The zero-order valence-corrected chi connectivity index (χ0v) is 13.2. The van der Waals surface area contributed by atoms with Gasteiger partial charge in [-0.1, -0.05) is 12.1 Å². The normalized spacial score (nSPS) is 19.5. The van der Waals surface area contributed by atoms with Gasteiger partial charge in [0.25, 0.3) is 5.91 Å². The summed E-state index contributed by atoms with van der Waals surface area (Å²) in [7, 11) is 0. The summed E-state index contributed by atoms with van der Waals surface area (Å²) in [6.07, 6.45) is -5.33. The van der Waals surface area contributed by atoms with Crippen LogP contribution in [0.1, 0.15) is 31.0 Å². The highest BCUT2D eigenvalue weighted by atomic mass is 19.4. The molecule has 1 aliphatic rings. The maximum atomic E-state index is 12.6. The molecule has 0 aliphatic carbocycles. The van der Waals surface area contributed by atoms with E-state index in [1.165, 1.54) is 19.1 Å². The van der Waals surface area contributed by atoms with Gasteiger partial charge < -0.3 is 10.0 Å². The third kappa shape index (κ3) is 4.23. The number of benzene rings is 1. The number of halogens is 3. The standard InChI is InChI=1S/C16H21F3N2O2/c1-11(13-3-5-14(6-4-13)16(17,18)19)20-7-9-21(10-8-20)15(23)12(2)22/h3-6,11-12,22H,7-10H2,1-2H3. The fourth-order valence-electron chi connectivity index (χ4n) is 2.76. The van der Waals surface area contributed by atoms with Gasteiger partial charge in [0.05, 0.1) is 5.56 Å². The highest BCUT2D eigenvalue weighted by molar-refractivity contribution is 5.80. The summed E-state index contributed by atoms with van der Waals surface area (Å²) in [5.41, 5.74) is 0.161. The lowest BCUT2D eigenvalue weighted by Gasteiger charge is -2.38. The summed E-state index contributed by atoms with van der Waals surface area (Å²) in [5.74, 6) is -0.285. The minimum atomic E-state index is -4.32. The lowest BCUT2D eigenvalue weighted by molar-refractivity contribution is -0.141. The van der Waals surface area contributed by atoms with Crippen molar-refractivity contribution in [1.82, 2.24) is 9.80 Å². The number of hydrogen-bond donors (Lipinski definition) is 1. The number of carbonyl (C=O) groups excluding carboxylic acids is 1. The second-order valence-electron chi connectivity index (χ2n) is 5.83. The van der Waals surface area contributed by atoms with Gasteiger partial charge in [-0.3, -0.25) is 9.69 Å². The smallest absolute Gasteiger partial charge is 0.384 e. The van der Waals surface area contributed by atoms with Crippen LogP contribution in [-0.4, -0.2) is 53.1 Å². The van der Waals surface area contributed by atoms with E-state index in [0.29, 0.717) is 26.2 Å². The first-order chi connectivity index (χ1) is 10.7. The molecule has 128 valence electrons. The van der Waals surface area contributed by atoms with E-state index in [9.17, 15) is 23.1 Å². The molecular weight excluding hydrogens is 309 g/mol. The zero-order chi connectivity index (χ0) is 17.2. The van der Waals surface area contributed by atoms with Crippen molar-refractivity contribution in [3.05, 3.63) is 35.4 Å². The Morgan fingerprint density at radius 3 is 2.04 bits per heavy atom. The van der Waals surface area contributed by atoms with Gasteiger partial charge in [-0.15, -0.1) is 0 Å². The van der Waals surface area contributed by atoms with Gasteiger partial charge >= 0.3 is 6.18 Å². The van der Waals surface area contributed by atoms with Gasteiger partial charge in [-0.2, -0.15) is 13.2 Å². The van der Waals surface area contributed by atoms with Gasteiger partial charge in [0, 0.05) is 32.2 Å². The molecule has 1 saturated heterocycles. The zero-order valence-electron chi connectivity index (χ0n) is 13.2. The van der Waals surface area contributed by atoms with Crippen LogP contribution in [0.25, 0.3) is 0 Å². The number of alkyl halides is 3. The molecule has 0 saturated carbocycles. The number of amides is 1. The highest BCUT2D eigenvalue weighted by Crippen LogP contribution is 2.31. The van der Waals surface area contributed by atoms with Crippen LogP contribution < -0.4 is 0 Å². The van der Waals surface area contributed by atoms with Crippen LogP contribution in [0.5, 0.6) is 0 Å². The third-order valence-corrected chi connectivity index (χ3v) is 4.25. The van der Waals surface area contributed by atoms with Crippen molar-refractivity contribution in [2.75, 3.05) is 26.2 Å². The van der Waals surface area contributed by atoms with Crippen LogP contribution in [0.3, 0.4) is 0 Å². The summed E-state index contributed by atoms with van der Waals surface area (Å²) in [4.78, 5) is 15.5. The Hall–Kier alpha value is -1.60. The van der Waals surface area contributed by atoms with Crippen molar-refractivity contribution in [3.63, 3.8) is 0 Å². The minimum absolute atomic E-state index is 0.0268. The van der Waals surface area contributed by atoms with E-state index in [0.717, 1.165) is 17.7 Å². The molecule has 0 spiro atoms. The van der Waals surface area contributed by atoms with Gasteiger partial charge in [0.2, 0.25) is 0 Å². The number of aliphatic hydroxyl groups excluding tert-OH is 1. The van der Waals surface area contributed by atoms with Crippen molar-refractivity contribution in [2.45, 2.75) is 32.2 Å². The van der Waals surface area contributed by atoms with Crippen LogP contribution in [0.2, 0.25) is 0 Å². The SMILES string of the molecule is CC(O)C(=O)N1CCN(C(C)c2ccc(C(F)(F)F)cc2)CC1. The molecule has 7 heteroatoms. The molecule has 2 atom stereocenters. The molecular formula is C16H21F3N2O2. The Bertz CT molecular complexity index is 535. The van der Waals surface area contributed by atoms with Gasteiger partial charge in [-0.25, -0.2) is 0 Å². The van der Waals surface area contributed by atoms with E-state index in [1.807, 2.05) is 6.92 Å². The number of carbonyl (C=O) groups is 1. The van der Waals surface area contributed by atoms with Crippen molar-refractivity contribution in [2.24, 2.45) is 0 Å². The molecule has 0 radical (unpaired) electrons. The first-order valence-corrected chi connectivity index (χ1v) is 7.58. The summed E-state index contributed by atoms with van der Waals surface area (Å²) in [6, 6.07) is 5.17. The average Bonchev–Trinajstić information content (AvgIpc) is 2.53. The highest BCUT2D eigenvalue weighted by Gasteiger charge is 2.31. The van der Waals surface area contributed by atoms with Crippen LogP contribution in [0.4, 0.5) is 13.2 Å². The summed E-state index contributed by atoms with van der Waals surface area (Å²) >= 11 is 0. The molecule has 1 fully saturated rings. The second-order valence-corrected chi connectivity index (χ2v) is 5.83. The first-order valence-electron chi connectivity index (χ1n) is 7.58. The number of nitrogens with zero attached hydrogens (tertiary/aromatic N) is 2. The summed E-state index contributed by atoms with van der Waals surface area (Å²) < 4.78 is 37.8. The Labute approximate surface area is 133 Å². The number of piperazine rings is 1. The predicted octanol–water partition coefficient (Wildman–Crippen LogP) is 2.29. The summed E-state index contributed by atoms with van der Waals surface area (Å²) in [6.45, 7) is 5.65. The number of hydrogen-bond acceptors (Lipinski definition) is 3. The largest absolute Gasteiger partial charge is 0.416 e. The Balaban J connectivity index is 1.97. The molecule has 23 heavy (non-hydrogen) atoms. The van der Waals surface area contributed by atoms with Crippen LogP contribution in [-0.2, 0) is 11.0 Å². The molecule has 1 amide bonds. The fraction of sp³-hybridized carbons (Fsp3) is 0.562. The molecule has 1 heterocycles. The van der Waals surface area contributed by atoms with E-state index in [1.54, 1.807) is 4.90 Å². The van der Waals surface area contributed by atoms with E-state index >= 15 is 0 Å². The number of aliphatic hydroxyl groups is 1. The Kier molecular flexibility index (Phi) is 5.31. The van der Waals surface area contributed by atoms with Gasteiger partial charge in [0.15, 0.2) is 0 Å². The van der Waals surface area contributed by atoms with Crippen LogP contribution in [0.15, 0.2) is 24.3 Å². The lowest BCUT2D eigenvalue weighted by Crippen LogP contribution is -2.51. The number of rotatable bonds is 3. The lowest BCUT2D eigenvalue weighted by atomic mass is 10.0. The minimum Gasteiger partial charge on any atom is -0.384 e. The van der Waals surface area contributed by atoms with Gasteiger partial charge in [-0.05, 0) is 31.5 Å². The van der Waals surface area contributed by atoms with E-state index in [-0.39, 0.29) is 11.9 Å². The monoisotopic (exact) mass is 330 g/mol. The fourth-order valence-corrected chi connectivity index (χ4v) is 2.76. The molecule has 0 aromatic heterocycles. The average molecular weight is 330 g/mol. The van der Waals surface area contributed by atoms with Crippen molar-refractivity contribution >= 4 is 5.91 Å². The Morgan fingerprint density at radius 1 is 1.09 bits per heavy atom. The molecule has 4 nitrogen and oxygen atoms in total. The molecule has 1 aliphatic heterocycles. The van der Waals surface area contributed by atoms with Crippen molar-refractivity contribution in [3.8, 4) is 0 Å². The van der Waals surface area contributed by atoms with E-state index in [2.05, 4.69) is 4.90 Å². The molecule has 0 bridgehead atoms. The second kappa shape index (κ2) is 6.88. The third-order valence-electron chi connectivity index (χ3n) is 4.25. The van der Waals surface area contributed by atoms with Crippen molar-refractivity contribution < 1.29 is 23.1 Å². The van der Waals surface area contributed by atoms with E-state index in [4.69, 9.17) is 0 Å². The quantitative estimate of drug-likeness (QED) is 0.925. The van der Waals surface area contributed by atoms with Crippen LogP contribution >= 0.6 is 0 Å². The maximum absolute atomic E-state index is 12.6. The molecule has 1 N–H and O–H groups in total. The topological polar surface area (TPSA) is 43.8 Å². The molecule has 2 unspecified atom stereocenters. The Morgan fingerprint density at radius 2 is 1.61 bits per heavy atom. The van der Waals surface area contributed by atoms with Crippen molar-refractivity contribution in [1.29, 1.82) is 0 Å². The molecule has 1 aromatic rings.